The minimum Gasteiger partial charge on any atom is -0.488 e. The third kappa shape index (κ3) is 4.23. The van der Waals surface area contributed by atoms with Crippen molar-refractivity contribution in [2.24, 2.45) is 0 Å². The third-order valence-electron chi connectivity index (χ3n) is 6.97. The molecule has 184 valence electrons. The van der Waals surface area contributed by atoms with E-state index in [0.717, 1.165) is 54.9 Å². The second kappa shape index (κ2) is 9.37. The average Bonchev–Trinajstić information content (AvgIpc) is 3.11. The number of imidazole rings is 1. The van der Waals surface area contributed by atoms with E-state index in [1.165, 1.54) is 18.2 Å². The summed E-state index contributed by atoms with van der Waals surface area (Å²) in [6.45, 7) is 5.33. The number of benzene rings is 3. The number of ether oxygens (including phenoxy) is 1. The summed E-state index contributed by atoms with van der Waals surface area (Å²) in [6, 6.07) is 15.1. The van der Waals surface area contributed by atoms with Crippen molar-refractivity contribution >= 4 is 22.7 Å². The van der Waals surface area contributed by atoms with Gasteiger partial charge in [-0.15, -0.1) is 0 Å². The number of hydrogen-bond donors (Lipinski definition) is 2. The topological polar surface area (TPSA) is 62.3 Å². The predicted octanol–water partition coefficient (Wildman–Crippen LogP) is 3.99. The first kappa shape index (κ1) is 22.7. The van der Waals surface area contributed by atoms with Gasteiger partial charge in [-0.2, -0.15) is 0 Å². The third-order valence-corrected chi connectivity index (χ3v) is 6.97. The van der Waals surface area contributed by atoms with Gasteiger partial charge in [-0.25, -0.2) is 13.6 Å². The molecule has 3 aromatic carbocycles. The number of hydrogen-bond acceptors (Lipinski definition) is 4. The second-order valence-corrected chi connectivity index (χ2v) is 9.20. The molecular weight excluding hydrogens is 462 g/mol. The molecule has 0 bridgehead atoms. The number of piperazine rings is 1. The first-order valence-electron chi connectivity index (χ1n) is 12.1. The number of rotatable bonds is 4. The number of halogens is 2. The summed E-state index contributed by atoms with van der Waals surface area (Å²) >= 11 is 0. The van der Waals surface area contributed by atoms with E-state index in [2.05, 4.69) is 15.2 Å². The Balaban J connectivity index is 1.40. The zero-order chi connectivity index (χ0) is 24.6. The van der Waals surface area contributed by atoms with Crippen LogP contribution in [0.15, 0.2) is 59.4 Å². The zero-order valence-corrected chi connectivity index (χ0v) is 19.7. The lowest BCUT2D eigenvalue weighted by Gasteiger charge is -2.27. The largest absolute Gasteiger partial charge is 0.488 e. The van der Waals surface area contributed by atoms with Crippen molar-refractivity contribution in [1.82, 2.24) is 19.8 Å². The molecule has 4 aromatic rings. The first-order valence-corrected chi connectivity index (χ1v) is 12.1. The monoisotopic (exact) mass is 488 g/mol. The molecule has 3 heterocycles. The quantitative estimate of drug-likeness (QED) is 0.456. The van der Waals surface area contributed by atoms with Gasteiger partial charge in [0.2, 0.25) is 0 Å². The maximum Gasteiger partial charge on any atom is 0.326 e. The molecule has 0 spiro atoms. The molecule has 8 heteroatoms. The average molecular weight is 489 g/mol. The summed E-state index contributed by atoms with van der Waals surface area (Å²) in [5.41, 5.74) is 4.81. The van der Waals surface area contributed by atoms with E-state index in [0.29, 0.717) is 29.0 Å². The van der Waals surface area contributed by atoms with Crippen molar-refractivity contribution in [3.05, 3.63) is 99.0 Å². The molecule has 2 aliphatic rings. The number of aromatic amines is 1. The van der Waals surface area contributed by atoms with Crippen molar-refractivity contribution < 1.29 is 13.5 Å². The van der Waals surface area contributed by atoms with Crippen LogP contribution >= 0.6 is 0 Å². The Labute approximate surface area is 206 Å². The number of H-pyrrole nitrogens is 1. The van der Waals surface area contributed by atoms with Gasteiger partial charge in [0.15, 0.2) is 0 Å². The lowest BCUT2D eigenvalue weighted by atomic mass is 9.92. The van der Waals surface area contributed by atoms with Gasteiger partial charge in [0.1, 0.15) is 24.0 Å². The van der Waals surface area contributed by atoms with Crippen LogP contribution in [0.1, 0.15) is 22.3 Å². The van der Waals surface area contributed by atoms with Crippen LogP contribution in [-0.4, -0.2) is 47.2 Å². The Morgan fingerprint density at radius 2 is 1.83 bits per heavy atom. The first-order chi connectivity index (χ1) is 17.6. The van der Waals surface area contributed by atoms with Crippen LogP contribution in [0.4, 0.5) is 8.78 Å². The van der Waals surface area contributed by atoms with Crippen LogP contribution in [0.25, 0.3) is 22.7 Å². The standard InChI is InChI=1S/C28H26F2N4O2/c29-19-5-6-21-22(20-2-1-3-24(30)23(20)17-36-27(21)16-19)14-18-4-7-26-25(15-18)32-28(35)34(26)13-12-33-10-8-31-9-11-33/h1-7,14-16,31H,8-13,17H2,(H,32,35)/b22-14+. The van der Waals surface area contributed by atoms with Crippen LogP contribution in [0.5, 0.6) is 5.75 Å². The maximum atomic E-state index is 14.7. The molecule has 6 rings (SSSR count). The lowest BCUT2D eigenvalue weighted by molar-refractivity contribution is 0.232. The molecule has 0 amide bonds. The summed E-state index contributed by atoms with van der Waals surface area (Å²) in [6.07, 6.45) is 1.93. The number of nitrogens with one attached hydrogen (secondary N) is 2. The van der Waals surface area contributed by atoms with Crippen molar-refractivity contribution in [2.75, 3.05) is 32.7 Å². The molecule has 0 saturated carbocycles. The minimum atomic E-state index is -0.416. The van der Waals surface area contributed by atoms with E-state index in [4.69, 9.17) is 4.74 Å². The second-order valence-electron chi connectivity index (χ2n) is 9.20. The zero-order valence-electron chi connectivity index (χ0n) is 19.7. The molecule has 0 radical (unpaired) electrons. The van der Waals surface area contributed by atoms with Gasteiger partial charge in [-0.1, -0.05) is 18.2 Å². The normalized spacial score (nSPS) is 17.0. The van der Waals surface area contributed by atoms with E-state index in [1.54, 1.807) is 16.7 Å². The van der Waals surface area contributed by atoms with Crippen molar-refractivity contribution in [3.8, 4) is 5.75 Å². The van der Waals surface area contributed by atoms with Gasteiger partial charge in [-0.05, 0) is 53.1 Å². The Morgan fingerprint density at radius 1 is 0.972 bits per heavy atom. The van der Waals surface area contributed by atoms with Crippen molar-refractivity contribution in [2.45, 2.75) is 13.2 Å². The van der Waals surface area contributed by atoms with Crippen LogP contribution in [-0.2, 0) is 13.2 Å². The van der Waals surface area contributed by atoms with E-state index in [9.17, 15) is 13.6 Å². The fourth-order valence-electron chi connectivity index (χ4n) is 5.08. The fraction of sp³-hybridized carbons (Fsp3) is 0.250. The number of aromatic nitrogens is 2. The molecule has 36 heavy (non-hydrogen) atoms. The maximum absolute atomic E-state index is 14.7. The molecule has 0 atom stereocenters. The molecule has 2 aliphatic heterocycles. The van der Waals surface area contributed by atoms with Gasteiger partial charge < -0.3 is 15.0 Å². The van der Waals surface area contributed by atoms with Crippen LogP contribution in [0, 0.1) is 11.6 Å². The minimum absolute atomic E-state index is 0.0120. The van der Waals surface area contributed by atoms with E-state index >= 15 is 0 Å². The van der Waals surface area contributed by atoms with E-state index < -0.39 is 5.82 Å². The van der Waals surface area contributed by atoms with Crippen molar-refractivity contribution in [1.29, 1.82) is 0 Å². The summed E-state index contributed by atoms with van der Waals surface area (Å²) in [5.74, 6) is -0.417. The van der Waals surface area contributed by atoms with Gasteiger partial charge >= 0.3 is 5.69 Å². The van der Waals surface area contributed by atoms with Gasteiger partial charge in [0.25, 0.3) is 0 Å². The lowest BCUT2D eigenvalue weighted by Crippen LogP contribution is -2.44. The van der Waals surface area contributed by atoms with Gasteiger partial charge in [0.05, 0.1) is 11.0 Å². The SMILES string of the molecule is O=c1[nH]c2cc(/C=C3/c4ccc(F)cc4OCc4c(F)cccc43)ccc2n1CCN1CCNCC1. The molecule has 1 fully saturated rings. The highest BCUT2D eigenvalue weighted by Gasteiger charge is 2.22. The van der Waals surface area contributed by atoms with Crippen molar-refractivity contribution in [3.63, 3.8) is 0 Å². The molecule has 0 unspecified atom stereocenters. The summed E-state index contributed by atoms with van der Waals surface area (Å²) in [7, 11) is 0. The van der Waals surface area contributed by atoms with Crippen LogP contribution < -0.4 is 15.7 Å². The molecule has 6 nitrogen and oxygen atoms in total. The van der Waals surface area contributed by atoms with Gasteiger partial charge in [-0.3, -0.25) is 9.47 Å². The Bertz CT molecular complexity index is 1530. The molecule has 2 N–H and O–H groups in total. The fourth-order valence-corrected chi connectivity index (χ4v) is 5.08. The highest BCUT2D eigenvalue weighted by molar-refractivity contribution is 5.95. The highest BCUT2D eigenvalue weighted by Crippen LogP contribution is 2.39. The molecule has 0 aliphatic carbocycles. The van der Waals surface area contributed by atoms with E-state index in [1.807, 2.05) is 30.3 Å². The van der Waals surface area contributed by atoms with Crippen LogP contribution in [0.2, 0.25) is 0 Å². The van der Waals surface area contributed by atoms with E-state index in [-0.39, 0.29) is 18.1 Å². The Hall–Kier alpha value is -3.75. The molecule has 1 aromatic heterocycles. The van der Waals surface area contributed by atoms with Crippen LogP contribution in [0.3, 0.4) is 0 Å². The number of nitrogens with zero attached hydrogens (tertiary/aromatic N) is 2. The molecular formula is C28H26F2N4O2. The number of fused-ring (bicyclic) bond motifs is 3. The highest BCUT2D eigenvalue weighted by atomic mass is 19.1. The predicted molar refractivity (Wildman–Crippen MR) is 136 cm³/mol. The summed E-state index contributed by atoms with van der Waals surface area (Å²) in [4.78, 5) is 18.0. The smallest absolute Gasteiger partial charge is 0.326 e. The molecule has 1 saturated heterocycles. The summed E-state index contributed by atoms with van der Waals surface area (Å²) in [5, 5.41) is 3.34. The Kier molecular flexibility index (Phi) is 5.91. The van der Waals surface area contributed by atoms with Gasteiger partial charge in [0, 0.05) is 56.5 Å². The summed E-state index contributed by atoms with van der Waals surface area (Å²) < 4.78 is 36.2. The Morgan fingerprint density at radius 3 is 2.69 bits per heavy atom.